The van der Waals surface area contributed by atoms with Crippen molar-refractivity contribution in [3.05, 3.63) is 59.4 Å². The lowest BCUT2D eigenvalue weighted by Crippen LogP contribution is -2.48. The molecule has 1 aliphatic rings. The maximum absolute atomic E-state index is 14.3. The van der Waals surface area contributed by atoms with Gasteiger partial charge in [0.15, 0.2) is 0 Å². The number of rotatable bonds is 3. The summed E-state index contributed by atoms with van der Waals surface area (Å²) < 4.78 is 41.0. The first-order chi connectivity index (χ1) is 11.9. The fourth-order valence-corrected chi connectivity index (χ4v) is 4.38. The Balaban J connectivity index is 1.77. The van der Waals surface area contributed by atoms with Gasteiger partial charge in [-0.25, -0.2) is 12.8 Å². The van der Waals surface area contributed by atoms with Gasteiger partial charge in [-0.05, 0) is 36.8 Å². The number of anilines is 1. The van der Waals surface area contributed by atoms with Crippen LogP contribution in [0.3, 0.4) is 0 Å². The molecule has 2 aromatic carbocycles. The van der Waals surface area contributed by atoms with E-state index in [1.807, 2.05) is 11.0 Å². The Labute approximate surface area is 147 Å². The third kappa shape index (κ3) is 3.36. The SMILES string of the molecule is Cc1cc(N2CCN(S(=O)(=O)c3ccccc3)CC2)c(F)cc1C#N. The van der Waals surface area contributed by atoms with Gasteiger partial charge in [-0.2, -0.15) is 9.57 Å². The minimum absolute atomic E-state index is 0.267. The van der Waals surface area contributed by atoms with Crippen LogP contribution in [0, 0.1) is 24.1 Å². The first kappa shape index (κ1) is 17.4. The second kappa shape index (κ2) is 6.82. The standard InChI is InChI=1S/C18H18FN3O2S/c1-14-11-18(17(19)12-15(14)13-20)21-7-9-22(10-8-21)25(23,24)16-5-3-2-4-6-16/h2-6,11-12H,7-10H2,1H3. The zero-order chi connectivity index (χ0) is 18.0. The lowest BCUT2D eigenvalue weighted by Gasteiger charge is -2.35. The first-order valence-corrected chi connectivity index (χ1v) is 9.38. The fourth-order valence-electron chi connectivity index (χ4n) is 2.94. The molecule has 0 atom stereocenters. The summed E-state index contributed by atoms with van der Waals surface area (Å²) in [6.07, 6.45) is 0. The predicted octanol–water partition coefficient (Wildman–Crippen LogP) is 2.52. The number of nitrogens with zero attached hydrogens (tertiary/aromatic N) is 3. The lowest BCUT2D eigenvalue weighted by molar-refractivity contribution is 0.383. The Morgan fingerprint density at radius 1 is 1.08 bits per heavy atom. The van der Waals surface area contributed by atoms with Crippen molar-refractivity contribution in [1.82, 2.24) is 4.31 Å². The van der Waals surface area contributed by atoms with Gasteiger partial charge in [0.2, 0.25) is 10.0 Å². The summed E-state index contributed by atoms with van der Waals surface area (Å²) >= 11 is 0. The minimum Gasteiger partial charge on any atom is -0.367 e. The number of piperazine rings is 1. The zero-order valence-corrected chi connectivity index (χ0v) is 14.6. The van der Waals surface area contributed by atoms with Gasteiger partial charge < -0.3 is 4.90 Å². The van der Waals surface area contributed by atoms with Crippen LogP contribution in [0.4, 0.5) is 10.1 Å². The van der Waals surface area contributed by atoms with Crippen molar-refractivity contribution >= 4 is 15.7 Å². The van der Waals surface area contributed by atoms with Crippen molar-refractivity contribution in [2.45, 2.75) is 11.8 Å². The van der Waals surface area contributed by atoms with Gasteiger partial charge >= 0.3 is 0 Å². The van der Waals surface area contributed by atoms with E-state index in [1.54, 1.807) is 43.3 Å². The average Bonchev–Trinajstić information content (AvgIpc) is 2.64. The van der Waals surface area contributed by atoms with Crippen molar-refractivity contribution in [1.29, 1.82) is 5.26 Å². The van der Waals surface area contributed by atoms with Gasteiger partial charge in [0.05, 0.1) is 22.2 Å². The quantitative estimate of drug-likeness (QED) is 0.845. The summed E-state index contributed by atoms with van der Waals surface area (Å²) in [5.74, 6) is -0.457. The summed E-state index contributed by atoms with van der Waals surface area (Å²) in [7, 11) is -3.53. The van der Waals surface area contributed by atoms with E-state index in [-0.39, 0.29) is 18.0 Å². The van der Waals surface area contributed by atoms with Gasteiger partial charge in [-0.1, -0.05) is 18.2 Å². The van der Waals surface area contributed by atoms with Crippen LogP contribution in [0.15, 0.2) is 47.4 Å². The van der Waals surface area contributed by atoms with Crippen molar-refractivity contribution < 1.29 is 12.8 Å². The molecule has 1 aliphatic heterocycles. The Bertz CT molecular complexity index is 915. The maximum Gasteiger partial charge on any atom is 0.243 e. The largest absolute Gasteiger partial charge is 0.367 e. The van der Waals surface area contributed by atoms with Gasteiger partial charge in [-0.15, -0.1) is 0 Å². The van der Waals surface area contributed by atoms with Gasteiger partial charge in [0.1, 0.15) is 5.82 Å². The van der Waals surface area contributed by atoms with E-state index in [4.69, 9.17) is 5.26 Å². The molecule has 2 aromatic rings. The molecule has 0 aliphatic carbocycles. The van der Waals surface area contributed by atoms with Crippen molar-refractivity contribution in [3.63, 3.8) is 0 Å². The van der Waals surface area contributed by atoms with E-state index in [0.717, 1.165) is 0 Å². The molecule has 0 aromatic heterocycles. The van der Waals surface area contributed by atoms with Crippen molar-refractivity contribution in [2.75, 3.05) is 31.1 Å². The third-order valence-corrected chi connectivity index (χ3v) is 6.29. The number of hydrogen-bond acceptors (Lipinski definition) is 4. The topological polar surface area (TPSA) is 64.4 Å². The number of aryl methyl sites for hydroxylation is 1. The molecule has 0 saturated carbocycles. The highest BCUT2D eigenvalue weighted by Gasteiger charge is 2.29. The van der Waals surface area contributed by atoms with E-state index in [2.05, 4.69) is 0 Å². The molecule has 25 heavy (non-hydrogen) atoms. The molecule has 0 amide bonds. The number of nitriles is 1. The number of sulfonamides is 1. The second-order valence-corrected chi connectivity index (χ2v) is 7.87. The van der Waals surface area contributed by atoms with Crippen LogP contribution in [0.1, 0.15) is 11.1 Å². The molecule has 0 unspecified atom stereocenters. The van der Waals surface area contributed by atoms with Crippen LogP contribution in [0.25, 0.3) is 0 Å². The molecule has 1 heterocycles. The molecule has 1 fully saturated rings. The highest BCUT2D eigenvalue weighted by molar-refractivity contribution is 7.89. The summed E-state index contributed by atoms with van der Waals surface area (Å²) in [5.41, 5.74) is 1.43. The molecule has 0 bridgehead atoms. The number of benzene rings is 2. The molecule has 0 radical (unpaired) electrons. The zero-order valence-electron chi connectivity index (χ0n) is 13.8. The molecule has 0 spiro atoms. The van der Waals surface area contributed by atoms with Crippen molar-refractivity contribution in [3.8, 4) is 6.07 Å². The fraction of sp³-hybridized carbons (Fsp3) is 0.278. The molecule has 7 heteroatoms. The van der Waals surface area contributed by atoms with Gasteiger partial charge in [-0.3, -0.25) is 0 Å². The van der Waals surface area contributed by atoms with Crippen LogP contribution in [-0.2, 0) is 10.0 Å². The van der Waals surface area contributed by atoms with E-state index >= 15 is 0 Å². The molecule has 130 valence electrons. The average molecular weight is 359 g/mol. The van der Waals surface area contributed by atoms with E-state index in [9.17, 15) is 12.8 Å². The number of hydrogen-bond donors (Lipinski definition) is 0. The van der Waals surface area contributed by atoms with E-state index in [1.165, 1.54) is 10.4 Å². The summed E-state index contributed by atoms with van der Waals surface area (Å²) in [4.78, 5) is 2.09. The van der Waals surface area contributed by atoms with E-state index in [0.29, 0.717) is 29.9 Å². The Hall–Kier alpha value is -2.43. The normalized spacial score (nSPS) is 15.8. The highest BCUT2D eigenvalue weighted by atomic mass is 32.2. The number of halogens is 1. The maximum atomic E-state index is 14.3. The van der Waals surface area contributed by atoms with Crippen molar-refractivity contribution in [2.24, 2.45) is 0 Å². The Morgan fingerprint density at radius 3 is 2.32 bits per heavy atom. The summed E-state index contributed by atoms with van der Waals surface area (Å²) in [5, 5.41) is 8.97. The Morgan fingerprint density at radius 2 is 1.72 bits per heavy atom. The summed E-state index contributed by atoms with van der Waals surface area (Å²) in [6.45, 7) is 3.13. The van der Waals surface area contributed by atoms with Crippen LogP contribution < -0.4 is 4.90 Å². The molecule has 3 rings (SSSR count). The van der Waals surface area contributed by atoms with Gasteiger partial charge in [0.25, 0.3) is 0 Å². The minimum atomic E-state index is -3.53. The van der Waals surface area contributed by atoms with Crippen LogP contribution in [0.5, 0.6) is 0 Å². The first-order valence-electron chi connectivity index (χ1n) is 7.94. The highest BCUT2D eigenvalue weighted by Crippen LogP contribution is 2.26. The Kier molecular flexibility index (Phi) is 4.75. The molecular weight excluding hydrogens is 341 g/mol. The second-order valence-electron chi connectivity index (χ2n) is 5.93. The molecule has 1 saturated heterocycles. The van der Waals surface area contributed by atoms with Crippen LogP contribution in [0.2, 0.25) is 0 Å². The van der Waals surface area contributed by atoms with Crippen LogP contribution >= 0.6 is 0 Å². The van der Waals surface area contributed by atoms with Crippen LogP contribution in [-0.4, -0.2) is 38.9 Å². The molecule has 5 nitrogen and oxygen atoms in total. The lowest BCUT2D eigenvalue weighted by atomic mass is 10.1. The van der Waals surface area contributed by atoms with E-state index < -0.39 is 15.8 Å². The summed E-state index contributed by atoms with van der Waals surface area (Å²) in [6, 6.07) is 13.2. The third-order valence-electron chi connectivity index (χ3n) is 4.37. The monoisotopic (exact) mass is 359 g/mol. The smallest absolute Gasteiger partial charge is 0.243 e. The molecule has 0 N–H and O–H groups in total. The van der Waals surface area contributed by atoms with Gasteiger partial charge in [0, 0.05) is 26.2 Å². The molecular formula is C18H18FN3O2S. The predicted molar refractivity (Wildman–Crippen MR) is 93.3 cm³/mol.